The summed E-state index contributed by atoms with van der Waals surface area (Å²) in [7, 11) is 0. The Morgan fingerprint density at radius 1 is 1.00 bits per heavy atom. The van der Waals surface area contributed by atoms with Gasteiger partial charge >= 0.3 is 5.97 Å². The third-order valence-corrected chi connectivity index (χ3v) is 3.32. The average molecular weight is 361 g/mol. The summed E-state index contributed by atoms with van der Waals surface area (Å²) in [5.41, 5.74) is -1.83. The Morgan fingerprint density at radius 2 is 1.54 bits per heavy atom. The lowest BCUT2D eigenvalue weighted by Crippen LogP contribution is -2.19. The number of aliphatic hydroxyl groups excluding tert-OH is 1. The standard InChI is InChI=1S/C15H11N3O8/c19-13(15(21)22)11-3-1-2-4-12(11)14(20)16-8-5-9(17(23)24)7-10(6-8)18(25)26/h1-7,13,19H,(H,16,20)(H,21,22). The number of aliphatic hydroxyl groups is 1. The van der Waals surface area contributed by atoms with E-state index in [0.29, 0.717) is 0 Å². The zero-order valence-electron chi connectivity index (χ0n) is 12.9. The van der Waals surface area contributed by atoms with E-state index in [1.165, 1.54) is 24.3 Å². The van der Waals surface area contributed by atoms with Gasteiger partial charge in [-0.25, -0.2) is 4.79 Å². The summed E-state index contributed by atoms with van der Waals surface area (Å²) < 4.78 is 0. The van der Waals surface area contributed by atoms with E-state index in [0.717, 1.165) is 18.2 Å². The number of nitrogens with one attached hydrogen (secondary N) is 1. The van der Waals surface area contributed by atoms with Gasteiger partial charge in [0.2, 0.25) is 0 Å². The first-order chi connectivity index (χ1) is 12.2. The fourth-order valence-corrected chi connectivity index (χ4v) is 2.15. The van der Waals surface area contributed by atoms with Crippen LogP contribution < -0.4 is 5.32 Å². The number of carbonyl (C=O) groups excluding carboxylic acids is 1. The minimum absolute atomic E-state index is 0.197. The molecule has 0 heterocycles. The predicted octanol–water partition coefficient (Wildman–Crippen LogP) is 1.87. The SMILES string of the molecule is O=C(Nc1cc([N+](=O)[O-])cc([N+](=O)[O-])c1)c1ccccc1C(O)C(=O)O. The highest BCUT2D eigenvalue weighted by atomic mass is 16.6. The molecule has 0 aliphatic rings. The van der Waals surface area contributed by atoms with Crippen LogP contribution in [0.25, 0.3) is 0 Å². The molecule has 2 rings (SSSR count). The summed E-state index contributed by atoms with van der Waals surface area (Å²) in [5, 5.41) is 42.5. The lowest BCUT2D eigenvalue weighted by Gasteiger charge is -2.12. The van der Waals surface area contributed by atoms with E-state index in [1.54, 1.807) is 0 Å². The summed E-state index contributed by atoms with van der Waals surface area (Å²) >= 11 is 0. The number of hydrogen-bond acceptors (Lipinski definition) is 7. The van der Waals surface area contributed by atoms with Crippen molar-refractivity contribution in [1.29, 1.82) is 0 Å². The number of benzene rings is 2. The number of non-ortho nitro benzene ring substituents is 2. The molecule has 11 nitrogen and oxygen atoms in total. The highest BCUT2D eigenvalue weighted by Crippen LogP contribution is 2.27. The Balaban J connectivity index is 2.41. The molecule has 26 heavy (non-hydrogen) atoms. The van der Waals surface area contributed by atoms with Gasteiger partial charge in [0, 0.05) is 23.3 Å². The first kappa shape index (κ1) is 18.5. The van der Waals surface area contributed by atoms with Gasteiger partial charge in [-0.05, 0) is 6.07 Å². The summed E-state index contributed by atoms with van der Waals surface area (Å²) in [5.74, 6) is -2.47. The van der Waals surface area contributed by atoms with Crippen molar-refractivity contribution in [3.63, 3.8) is 0 Å². The van der Waals surface area contributed by atoms with Crippen molar-refractivity contribution in [2.45, 2.75) is 6.10 Å². The van der Waals surface area contributed by atoms with Crippen molar-refractivity contribution in [2.24, 2.45) is 0 Å². The second-order valence-electron chi connectivity index (χ2n) is 5.03. The van der Waals surface area contributed by atoms with E-state index < -0.39 is 39.2 Å². The molecule has 0 saturated heterocycles. The van der Waals surface area contributed by atoms with Crippen LogP contribution >= 0.6 is 0 Å². The van der Waals surface area contributed by atoms with Gasteiger partial charge in [-0.1, -0.05) is 18.2 Å². The molecule has 0 spiro atoms. The highest BCUT2D eigenvalue weighted by Gasteiger charge is 2.23. The number of carbonyl (C=O) groups is 2. The van der Waals surface area contributed by atoms with Crippen molar-refractivity contribution in [1.82, 2.24) is 0 Å². The minimum atomic E-state index is -1.96. The number of carboxylic acids is 1. The summed E-state index contributed by atoms with van der Waals surface area (Å²) in [6.07, 6.45) is -1.96. The van der Waals surface area contributed by atoms with E-state index in [-0.39, 0.29) is 16.8 Å². The lowest BCUT2D eigenvalue weighted by molar-refractivity contribution is -0.394. The second-order valence-corrected chi connectivity index (χ2v) is 5.03. The van der Waals surface area contributed by atoms with Gasteiger partial charge in [0.1, 0.15) is 0 Å². The van der Waals surface area contributed by atoms with Crippen LogP contribution in [0.3, 0.4) is 0 Å². The molecule has 1 amide bonds. The first-order valence-corrected chi connectivity index (χ1v) is 6.95. The Hall–Kier alpha value is -3.86. The van der Waals surface area contributed by atoms with E-state index >= 15 is 0 Å². The fourth-order valence-electron chi connectivity index (χ4n) is 2.15. The normalized spacial score (nSPS) is 11.4. The van der Waals surface area contributed by atoms with E-state index in [4.69, 9.17) is 5.11 Å². The number of rotatable bonds is 6. The molecule has 134 valence electrons. The average Bonchev–Trinajstić information content (AvgIpc) is 2.60. The van der Waals surface area contributed by atoms with Crippen LogP contribution in [0.2, 0.25) is 0 Å². The topological polar surface area (TPSA) is 173 Å². The minimum Gasteiger partial charge on any atom is -0.479 e. The molecular weight excluding hydrogens is 350 g/mol. The number of nitro groups is 2. The zero-order valence-corrected chi connectivity index (χ0v) is 12.9. The molecule has 0 aliphatic heterocycles. The number of aliphatic carboxylic acids is 1. The van der Waals surface area contributed by atoms with Gasteiger partial charge in [-0.3, -0.25) is 25.0 Å². The maximum atomic E-state index is 12.4. The van der Waals surface area contributed by atoms with Gasteiger partial charge in [-0.2, -0.15) is 0 Å². The molecule has 0 aliphatic carbocycles. The fraction of sp³-hybridized carbons (Fsp3) is 0.0667. The third kappa shape index (κ3) is 3.96. The van der Waals surface area contributed by atoms with Crippen molar-refractivity contribution >= 4 is 28.9 Å². The van der Waals surface area contributed by atoms with Crippen molar-refractivity contribution in [2.75, 3.05) is 5.32 Å². The quantitative estimate of drug-likeness (QED) is 0.516. The largest absolute Gasteiger partial charge is 0.479 e. The van der Waals surface area contributed by atoms with Gasteiger partial charge in [-0.15, -0.1) is 0 Å². The maximum Gasteiger partial charge on any atom is 0.337 e. The molecule has 0 saturated carbocycles. The Kier molecular flexibility index (Phi) is 5.23. The lowest BCUT2D eigenvalue weighted by atomic mass is 10.0. The monoisotopic (exact) mass is 361 g/mol. The maximum absolute atomic E-state index is 12.4. The van der Waals surface area contributed by atoms with Crippen LogP contribution in [0.5, 0.6) is 0 Å². The van der Waals surface area contributed by atoms with E-state index in [1.807, 2.05) is 0 Å². The van der Waals surface area contributed by atoms with Crippen LogP contribution in [-0.4, -0.2) is 31.9 Å². The molecule has 3 N–H and O–H groups in total. The molecule has 0 radical (unpaired) electrons. The molecule has 11 heteroatoms. The Labute approximate surface area is 144 Å². The van der Waals surface area contributed by atoms with Crippen LogP contribution in [0.15, 0.2) is 42.5 Å². The molecular formula is C15H11N3O8. The van der Waals surface area contributed by atoms with Gasteiger partial charge in [0.15, 0.2) is 6.10 Å². The summed E-state index contributed by atoms with van der Waals surface area (Å²) in [4.78, 5) is 43.3. The van der Waals surface area contributed by atoms with Crippen LogP contribution in [0, 0.1) is 20.2 Å². The van der Waals surface area contributed by atoms with Gasteiger partial charge in [0.05, 0.1) is 21.6 Å². The molecule has 0 aromatic heterocycles. The molecule has 0 bridgehead atoms. The van der Waals surface area contributed by atoms with Gasteiger partial charge in [0.25, 0.3) is 17.3 Å². The van der Waals surface area contributed by atoms with Crippen LogP contribution in [-0.2, 0) is 4.79 Å². The van der Waals surface area contributed by atoms with Crippen LogP contribution in [0.1, 0.15) is 22.0 Å². The van der Waals surface area contributed by atoms with Crippen molar-refractivity contribution in [3.05, 3.63) is 73.8 Å². The zero-order chi connectivity index (χ0) is 19.4. The van der Waals surface area contributed by atoms with Crippen LogP contribution in [0.4, 0.5) is 17.1 Å². The number of anilines is 1. The molecule has 1 unspecified atom stereocenters. The number of amides is 1. The Morgan fingerprint density at radius 3 is 2.04 bits per heavy atom. The van der Waals surface area contributed by atoms with Gasteiger partial charge < -0.3 is 15.5 Å². The summed E-state index contributed by atoms with van der Waals surface area (Å²) in [6, 6.07) is 7.87. The highest BCUT2D eigenvalue weighted by molar-refractivity contribution is 6.06. The number of nitro benzene ring substituents is 2. The number of nitrogens with zero attached hydrogens (tertiary/aromatic N) is 2. The number of carboxylic acid groups (broad SMARTS) is 1. The number of hydrogen-bond donors (Lipinski definition) is 3. The van der Waals surface area contributed by atoms with E-state index in [9.17, 15) is 34.9 Å². The molecule has 2 aromatic carbocycles. The molecule has 0 fully saturated rings. The molecule has 2 aromatic rings. The second kappa shape index (κ2) is 7.36. The van der Waals surface area contributed by atoms with Crippen molar-refractivity contribution < 1.29 is 29.6 Å². The summed E-state index contributed by atoms with van der Waals surface area (Å²) in [6.45, 7) is 0. The third-order valence-electron chi connectivity index (χ3n) is 3.32. The predicted molar refractivity (Wildman–Crippen MR) is 86.7 cm³/mol. The molecule has 1 atom stereocenters. The van der Waals surface area contributed by atoms with E-state index in [2.05, 4.69) is 5.32 Å². The van der Waals surface area contributed by atoms with Crippen molar-refractivity contribution in [3.8, 4) is 0 Å². The smallest absolute Gasteiger partial charge is 0.337 e. The Bertz CT molecular complexity index is 879. The first-order valence-electron chi connectivity index (χ1n) is 6.95.